The van der Waals surface area contributed by atoms with Gasteiger partial charge in [-0.2, -0.15) is 0 Å². The summed E-state index contributed by atoms with van der Waals surface area (Å²) in [6.07, 6.45) is 0. The fraction of sp³-hybridized carbons (Fsp3) is 0.417. The van der Waals surface area contributed by atoms with Crippen LogP contribution in [0.3, 0.4) is 0 Å². The van der Waals surface area contributed by atoms with Gasteiger partial charge in [-0.15, -0.1) is 0 Å². The first-order chi connectivity index (χ1) is 9.04. The SMILES string of the molecule is CCOC1(OCC)N=C(N)c2ccc([N+](=O)[O-])cc21. The molecule has 0 amide bonds. The summed E-state index contributed by atoms with van der Waals surface area (Å²) in [5.74, 6) is -1.11. The summed E-state index contributed by atoms with van der Waals surface area (Å²) < 4.78 is 11.1. The molecule has 1 aromatic carbocycles. The average Bonchev–Trinajstić information content (AvgIpc) is 2.63. The quantitative estimate of drug-likeness (QED) is 0.494. The molecule has 7 heteroatoms. The standard InChI is InChI=1S/C12H15N3O4/c1-3-18-12(19-4-2)10-7-8(15(16)17)5-6-9(10)11(13)14-12/h5-7H,3-4H2,1-2H3,(H2,13,14). The summed E-state index contributed by atoms with van der Waals surface area (Å²) in [5, 5.41) is 10.9. The predicted octanol–water partition coefficient (Wildman–Crippen LogP) is 1.50. The van der Waals surface area contributed by atoms with Gasteiger partial charge in [0.05, 0.1) is 10.5 Å². The molecule has 1 aromatic rings. The Labute approximate surface area is 110 Å². The van der Waals surface area contributed by atoms with Crippen molar-refractivity contribution in [1.29, 1.82) is 0 Å². The first-order valence-corrected chi connectivity index (χ1v) is 5.96. The van der Waals surface area contributed by atoms with Crippen molar-refractivity contribution in [3.05, 3.63) is 39.4 Å². The molecule has 7 nitrogen and oxygen atoms in total. The van der Waals surface area contributed by atoms with Gasteiger partial charge < -0.3 is 15.2 Å². The molecular formula is C12H15N3O4. The lowest BCUT2D eigenvalue weighted by atomic mass is 10.1. The van der Waals surface area contributed by atoms with Crippen molar-refractivity contribution in [3.8, 4) is 0 Å². The maximum Gasteiger partial charge on any atom is 0.300 e. The molecule has 0 spiro atoms. The van der Waals surface area contributed by atoms with Gasteiger partial charge in [0, 0.05) is 30.9 Å². The van der Waals surface area contributed by atoms with E-state index in [2.05, 4.69) is 4.99 Å². The lowest BCUT2D eigenvalue weighted by Crippen LogP contribution is -2.29. The van der Waals surface area contributed by atoms with E-state index in [4.69, 9.17) is 15.2 Å². The second-order valence-electron chi connectivity index (χ2n) is 3.93. The van der Waals surface area contributed by atoms with Crippen LogP contribution in [-0.4, -0.2) is 24.0 Å². The average molecular weight is 265 g/mol. The largest absolute Gasteiger partial charge is 0.383 e. The molecule has 19 heavy (non-hydrogen) atoms. The highest BCUT2D eigenvalue weighted by atomic mass is 16.7. The van der Waals surface area contributed by atoms with Gasteiger partial charge in [-0.05, 0) is 19.9 Å². The Morgan fingerprint density at radius 1 is 1.37 bits per heavy atom. The Morgan fingerprint density at radius 3 is 2.53 bits per heavy atom. The lowest BCUT2D eigenvalue weighted by Gasteiger charge is -2.26. The molecule has 0 radical (unpaired) electrons. The molecule has 1 aliphatic heterocycles. The molecule has 102 valence electrons. The summed E-state index contributed by atoms with van der Waals surface area (Å²) in [6.45, 7) is 4.28. The van der Waals surface area contributed by atoms with E-state index < -0.39 is 10.8 Å². The Balaban J connectivity index is 2.56. The zero-order valence-electron chi connectivity index (χ0n) is 10.8. The van der Waals surface area contributed by atoms with Crippen molar-refractivity contribution in [3.63, 3.8) is 0 Å². The smallest absolute Gasteiger partial charge is 0.300 e. The van der Waals surface area contributed by atoms with Gasteiger partial charge in [0.15, 0.2) is 0 Å². The molecule has 2 rings (SSSR count). The third-order valence-electron chi connectivity index (χ3n) is 2.78. The number of rotatable bonds is 5. The fourth-order valence-electron chi connectivity index (χ4n) is 2.06. The molecule has 1 heterocycles. The highest BCUT2D eigenvalue weighted by Gasteiger charge is 2.42. The van der Waals surface area contributed by atoms with Gasteiger partial charge in [0.1, 0.15) is 5.84 Å². The van der Waals surface area contributed by atoms with Crippen LogP contribution in [0.2, 0.25) is 0 Å². The normalized spacial score (nSPS) is 16.0. The number of hydrogen-bond acceptors (Lipinski definition) is 6. The molecule has 0 saturated heterocycles. The van der Waals surface area contributed by atoms with E-state index in [1.165, 1.54) is 12.1 Å². The first kappa shape index (κ1) is 13.4. The van der Waals surface area contributed by atoms with E-state index in [-0.39, 0.29) is 11.5 Å². The molecule has 0 saturated carbocycles. The number of non-ortho nitro benzene ring substituents is 1. The van der Waals surface area contributed by atoms with Gasteiger partial charge in [0.25, 0.3) is 5.69 Å². The Hall–Kier alpha value is -1.99. The molecule has 0 bridgehead atoms. The maximum absolute atomic E-state index is 10.9. The van der Waals surface area contributed by atoms with Crippen LogP contribution in [0.25, 0.3) is 0 Å². The summed E-state index contributed by atoms with van der Waals surface area (Å²) in [7, 11) is 0. The van der Waals surface area contributed by atoms with Crippen LogP contribution in [0.15, 0.2) is 23.2 Å². The minimum atomic E-state index is -1.37. The number of fused-ring (bicyclic) bond motifs is 1. The van der Waals surface area contributed by atoms with E-state index in [0.717, 1.165) is 0 Å². The van der Waals surface area contributed by atoms with Gasteiger partial charge in [0.2, 0.25) is 0 Å². The van der Waals surface area contributed by atoms with Crippen molar-refractivity contribution in [2.24, 2.45) is 10.7 Å². The van der Waals surface area contributed by atoms with E-state index in [9.17, 15) is 10.1 Å². The molecular weight excluding hydrogens is 250 g/mol. The number of benzene rings is 1. The Kier molecular flexibility index (Phi) is 3.50. The van der Waals surface area contributed by atoms with E-state index >= 15 is 0 Å². The second kappa shape index (κ2) is 4.94. The predicted molar refractivity (Wildman–Crippen MR) is 68.8 cm³/mol. The highest BCUT2D eigenvalue weighted by Crippen LogP contribution is 2.38. The zero-order chi connectivity index (χ0) is 14.0. The van der Waals surface area contributed by atoms with Crippen molar-refractivity contribution in [1.82, 2.24) is 0 Å². The Bertz CT molecular complexity index is 536. The number of hydrogen-bond donors (Lipinski definition) is 1. The van der Waals surface area contributed by atoms with Crippen molar-refractivity contribution >= 4 is 11.5 Å². The van der Waals surface area contributed by atoms with Gasteiger partial charge >= 0.3 is 5.91 Å². The van der Waals surface area contributed by atoms with E-state index in [1.54, 1.807) is 19.9 Å². The summed E-state index contributed by atoms with van der Waals surface area (Å²) in [6, 6.07) is 4.34. The third-order valence-corrected chi connectivity index (χ3v) is 2.78. The number of ether oxygens (including phenoxy) is 2. The summed E-state index contributed by atoms with van der Waals surface area (Å²) >= 11 is 0. The van der Waals surface area contributed by atoms with Crippen LogP contribution in [0.1, 0.15) is 25.0 Å². The molecule has 2 N–H and O–H groups in total. The molecule has 0 aromatic heterocycles. The van der Waals surface area contributed by atoms with Gasteiger partial charge in [-0.1, -0.05) is 0 Å². The van der Waals surface area contributed by atoms with Crippen molar-refractivity contribution in [2.45, 2.75) is 19.8 Å². The number of nitro benzene ring substituents is 1. The number of nitro groups is 1. The summed E-state index contributed by atoms with van der Waals surface area (Å²) in [4.78, 5) is 14.6. The summed E-state index contributed by atoms with van der Waals surface area (Å²) in [5.41, 5.74) is 6.86. The Morgan fingerprint density at radius 2 is 2.00 bits per heavy atom. The zero-order valence-corrected chi connectivity index (χ0v) is 10.8. The minimum absolute atomic E-state index is 0.0487. The van der Waals surface area contributed by atoms with Crippen LogP contribution in [0.4, 0.5) is 5.69 Å². The fourth-order valence-corrected chi connectivity index (χ4v) is 2.06. The number of nitrogens with two attached hydrogens (primary N) is 1. The second-order valence-corrected chi connectivity index (χ2v) is 3.93. The van der Waals surface area contributed by atoms with E-state index in [1.807, 2.05) is 0 Å². The topological polar surface area (TPSA) is 100.0 Å². The van der Waals surface area contributed by atoms with Crippen molar-refractivity contribution < 1.29 is 14.4 Å². The van der Waals surface area contributed by atoms with Crippen molar-refractivity contribution in [2.75, 3.05) is 13.2 Å². The lowest BCUT2D eigenvalue weighted by molar-refractivity contribution is -0.385. The maximum atomic E-state index is 10.9. The molecule has 0 aliphatic carbocycles. The van der Waals surface area contributed by atoms with Gasteiger partial charge in [-0.3, -0.25) is 10.1 Å². The van der Waals surface area contributed by atoms with Gasteiger partial charge in [-0.25, -0.2) is 4.99 Å². The third kappa shape index (κ3) is 2.18. The monoisotopic (exact) mass is 265 g/mol. The number of aliphatic imine (C=N–C) groups is 1. The molecule has 0 unspecified atom stereocenters. The van der Waals surface area contributed by atoms with Crippen LogP contribution >= 0.6 is 0 Å². The molecule has 0 fully saturated rings. The van der Waals surface area contributed by atoms with Crippen LogP contribution < -0.4 is 5.73 Å². The van der Waals surface area contributed by atoms with E-state index in [0.29, 0.717) is 24.3 Å². The van der Waals surface area contributed by atoms with Crippen LogP contribution in [0.5, 0.6) is 0 Å². The first-order valence-electron chi connectivity index (χ1n) is 5.96. The minimum Gasteiger partial charge on any atom is -0.383 e. The number of amidine groups is 1. The molecule has 1 aliphatic rings. The molecule has 0 atom stereocenters. The highest BCUT2D eigenvalue weighted by molar-refractivity contribution is 6.01. The van der Waals surface area contributed by atoms with Crippen LogP contribution in [0, 0.1) is 10.1 Å². The number of nitrogens with zero attached hydrogens (tertiary/aromatic N) is 2. The van der Waals surface area contributed by atoms with Crippen LogP contribution in [-0.2, 0) is 15.4 Å².